The summed E-state index contributed by atoms with van der Waals surface area (Å²) in [6, 6.07) is 0. The highest BCUT2D eigenvalue weighted by Gasteiger charge is 2.27. The standard InChI is InChI=1S/C10H13F3O2/c1-2-3-4-5-9(14)6-7-15-8-10(11,12)13/h4-8H2,1H3. The molecular formula is C10H13F3O2. The Hall–Kier alpha value is -1.02. The lowest BCUT2D eigenvalue weighted by atomic mass is 10.2. The monoisotopic (exact) mass is 222 g/mol. The van der Waals surface area contributed by atoms with Crippen molar-refractivity contribution in [2.45, 2.75) is 32.4 Å². The van der Waals surface area contributed by atoms with E-state index < -0.39 is 12.8 Å². The molecule has 0 bridgehead atoms. The average Bonchev–Trinajstić information content (AvgIpc) is 2.11. The van der Waals surface area contributed by atoms with Gasteiger partial charge in [0, 0.05) is 19.3 Å². The third-order valence-electron chi connectivity index (χ3n) is 1.50. The molecule has 0 aromatic heterocycles. The Balaban J connectivity index is 3.42. The van der Waals surface area contributed by atoms with E-state index in [-0.39, 0.29) is 25.2 Å². The van der Waals surface area contributed by atoms with Gasteiger partial charge >= 0.3 is 6.18 Å². The second-order valence-corrected chi connectivity index (χ2v) is 2.88. The van der Waals surface area contributed by atoms with E-state index in [0.717, 1.165) is 0 Å². The summed E-state index contributed by atoms with van der Waals surface area (Å²) < 4.78 is 39.1. The highest BCUT2D eigenvalue weighted by Crippen LogP contribution is 2.14. The Morgan fingerprint density at radius 2 is 2.00 bits per heavy atom. The topological polar surface area (TPSA) is 26.3 Å². The Morgan fingerprint density at radius 3 is 2.53 bits per heavy atom. The minimum Gasteiger partial charge on any atom is -0.372 e. The summed E-state index contributed by atoms with van der Waals surface area (Å²) >= 11 is 0. The zero-order valence-corrected chi connectivity index (χ0v) is 8.49. The maximum atomic E-state index is 11.6. The van der Waals surface area contributed by atoms with Crippen molar-refractivity contribution in [2.24, 2.45) is 0 Å². The van der Waals surface area contributed by atoms with Crippen LogP contribution in [0.3, 0.4) is 0 Å². The van der Waals surface area contributed by atoms with E-state index >= 15 is 0 Å². The largest absolute Gasteiger partial charge is 0.411 e. The first-order chi connectivity index (χ1) is 6.95. The van der Waals surface area contributed by atoms with Crippen molar-refractivity contribution < 1.29 is 22.7 Å². The van der Waals surface area contributed by atoms with Crippen LogP contribution in [0.25, 0.3) is 0 Å². The number of halogens is 3. The molecule has 0 aliphatic heterocycles. The number of carbonyl (C=O) groups is 1. The quantitative estimate of drug-likeness (QED) is 0.509. The fourth-order valence-corrected chi connectivity index (χ4v) is 0.826. The number of hydrogen-bond donors (Lipinski definition) is 0. The van der Waals surface area contributed by atoms with Crippen molar-refractivity contribution in [3.8, 4) is 11.8 Å². The normalized spacial score (nSPS) is 10.7. The van der Waals surface area contributed by atoms with Crippen LogP contribution in [-0.4, -0.2) is 25.2 Å². The van der Waals surface area contributed by atoms with Gasteiger partial charge in [0.25, 0.3) is 0 Å². The summed E-state index contributed by atoms with van der Waals surface area (Å²) in [6.07, 6.45) is -3.58. The molecular weight excluding hydrogens is 209 g/mol. The lowest BCUT2D eigenvalue weighted by Gasteiger charge is -2.06. The molecule has 0 amide bonds. The summed E-state index contributed by atoms with van der Waals surface area (Å²) in [5, 5.41) is 0. The molecule has 0 aromatic carbocycles. The van der Waals surface area contributed by atoms with E-state index in [2.05, 4.69) is 16.6 Å². The minimum absolute atomic E-state index is 0.0154. The van der Waals surface area contributed by atoms with Crippen molar-refractivity contribution in [3.05, 3.63) is 0 Å². The van der Waals surface area contributed by atoms with E-state index in [9.17, 15) is 18.0 Å². The second-order valence-electron chi connectivity index (χ2n) is 2.88. The van der Waals surface area contributed by atoms with E-state index in [1.807, 2.05) is 0 Å². The smallest absolute Gasteiger partial charge is 0.372 e. The summed E-state index contributed by atoms with van der Waals surface area (Å²) in [7, 11) is 0. The van der Waals surface area contributed by atoms with Crippen LogP contribution < -0.4 is 0 Å². The molecule has 0 fully saturated rings. The van der Waals surface area contributed by atoms with Crippen LogP contribution >= 0.6 is 0 Å². The molecule has 15 heavy (non-hydrogen) atoms. The zero-order valence-electron chi connectivity index (χ0n) is 8.49. The number of ether oxygens (including phenoxy) is 1. The molecule has 0 saturated heterocycles. The Labute approximate surface area is 86.8 Å². The van der Waals surface area contributed by atoms with E-state index in [1.54, 1.807) is 6.92 Å². The van der Waals surface area contributed by atoms with Crippen LogP contribution in [0, 0.1) is 11.8 Å². The van der Waals surface area contributed by atoms with Crippen LogP contribution in [-0.2, 0) is 9.53 Å². The Morgan fingerprint density at radius 1 is 1.33 bits per heavy atom. The molecule has 0 atom stereocenters. The predicted octanol–water partition coefficient (Wildman–Crippen LogP) is 2.33. The third-order valence-corrected chi connectivity index (χ3v) is 1.50. The van der Waals surface area contributed by atoms with Crippen molar-refractivity contribution >= 4 is 5.78 Å². The van der Waals surface area contributed by atoms with E-state index in [0.29, 0.717) is 6.42 Å². The number of hydrogen-bond acceptors (Lipinski definition) is 2. The molecule has 0 heterocycles. The van der Waals surface area contributed by atoms with Gasteiger partial charge < -0.3 is 4.74 Å². The van der Waals surface area contributed by atoms with Crippen molar-refractivity contribution in [3.63, 3.8) is 0 Å². The molecule has 0 rings (SSSR count). The highest BCUT2D eigenvalue weighted by atomic mass is 19.4. The number of rotatable bonds is 6. The average molecular weight is 222 g/mol. The zero-order chi connectivity index (χ0) is 11.7. The minimum atomic E-state index is -4.32. The molecule has 0 spiro atoms. The van der Waals surface area contributed by atoms with Crippen LogP contribution in [0.4, 0.5) is 13.2 Å². The first-order valence-corrected chi connectivity index (χ1v) is 4.51. The van der Waals surface area contributed by atoms with Gasteiger partial charge in [-0.15, -0.1) is 11.8 Å². The summed E-state index contributed by atoms with van der Waals surface area (Å²) in [5.74, 6) is 5.21. The molecule has 0 aliphatic carbocycles. The van der Waals surface area contributed by atoms with Gasteiger partial charge in [0.1, 0.15) is 12.4 Å². The van der Waals surface area contributed by atoms with Gasteiger partial charge in [0.05, 0.1) is 6.61 Å². The summed E-state index contributed by atoms with van der Waals surface area (Å²) in [5.41, 5.74) is 0. The second kappa shape index (κ2) is 7.30. The summed E-state index contributed by atoms with van der Waals surface area (Å²) in [6.45, 7) is 0.184. The highest BCUT2D eigenvalue weighted by molar-refractivity contribution is 5.78. The SMILES string of the molecule is CC#CCCC(=O)CCOCC(F)(F)F. The van der Waals surface area contributed by atoms with Gasteiger partial charge in [0.15, 0.2) is 0 Å². The lowest BCUT2D eigenvalue weighted by molar-refractivity contribution is -0.174. The molecule has 0 radical (unpaired) electrons. The maximum absolute atomic E-state index is 11.6. The van der Waals surface area contributed by atoms with Gasteiger partial charge in [-0.05, 0) is 6.92 Å². The van der Waals surface area contributed by atoms with Crippen LogP contribution in [0.5, 0.6) is 0 Å². The van der Waals surface area contributed by atoms with Crippen molar-refractivity contribution in [2.75, 3.05) is 13.2 Å². The molecule has 86 valence electrons. The fraction of sp³-hybridized carbons (Fsp3) is 0.700. The van der Waals surface area contributed by atoms with E-state index in [1.165, 1.54) is 0 Å². The molecule has 5 heteroatoms. The van der Waals surface area contributed by atoms with Crippen LogP contribution in [0.15, 0.2) is 0 Å². The van der Waals surface area contributed by atoms with Gasteiger partial charge in [-0.1, -0.05) is 0 Å². The maximum Gasteiger partial charge on any atom is 0.411 e. The predicted molar refractivity (Wildman–Crippen MR) is 49.2 cm³/mol. The fourth-order valence-electron chi connectivity index (χ4n) is 0.826. The van der Waals surface area contributed by atoms with Crippen LogP contribution in [0.1, 0.15) is 26.2 Å². The molecule has 0 aromatic rings. The van der Waals surface area contributed by atoms with Gasteiger partial charge in [-0.25, -0.2) is 0 Å². The molecule has 0 N–H and O–H groups in total. The molecule has 2 nitrogen and oxygen atoms in total. The van der Waals surface area contributed by atoms with Crippen molar-refractivity contribution in [1.82, 2.24) is 0 Å². The van der Waals surface area contributed by atoms with Gasteiger partial charge in [0.2, 0.25) is 0 Å². The summed E-state index contributed by atoms with van der Waals surface area (Å²) in [4.78, 5) is 11.0. The number of ketones is 1. The van der Waals surface area contributed by atoms with Crippen molar-refractivity contribution in [1.29, 1.82) is 0 Å². The molecule has 0 unspecified atom stereocenters. The molecule has 0 saturated carbocycles. The Kier molecular flexibility index (Phi) is 6.80. The van der Waals surface area contributed by atoms with Gasteiger partial charge in [-0.2, -0.15) is 13.2 Å². The lowest BCUT2D eigenvalue weighted by Crippen LogP contribution is -2.18. The van der Waals surface area contributed by atoms with Gasteiger partial charge in [-0.3, -0.25) is 4.79 Å². The molecule has 0 aliphatic rings. The number of Topliss-reactive ketones (excluding diaryl/α,β-unsaturated/α-hetero) is 1. The third kappa shape index (κ3) is 10.9. The Bertz CT molecular complexity index is 248. The first-order valence-electron chi connectivity index (χ1n) is 4.51. The van der Waals surface area contributed by atoms with E-state index in [4.69, 9.17) is 0 Å². The number of carbonyl (C=O) groups excluding carboxylic acids is 1. The first kappa shape index (κ1) is 14.0. The van der Waals surface area contributed by atoms with Crippen LogP contribution in [0.2, 0.25) is 0 Å². The number of alkyl halides is 3.